The Labute approximate surface area is 63.6 Å². The minimum Gasteiger partial charge on any atom is -0.546 e. The van der Waals surface area contributed by atoms with E-state index in [1.807, 2.05) is 6.26 Å². The van der Waals surface area contributed by atoms with E-state index in [9.17, 15) is 0 Å². The fourth-order valence-corrected chi connectivity index (χ4v) is 1.20. The number of nitrogens with one attached hydrogen (secondary N) is 1. The minimum absolute atomic E-state index is 0.0330. The lowest BCUT2D eigenvalue weighted by atomic mass is 10.4. The molecule has 0 aromatic heterocycles. The van der Waals surface area contributed by atoms with Gasteiger partial charge in [0.2, 0.25) is 5.90 Å². The average molecular weight is 161 g/mol. The zero-order valence-electron chi connectivity index (χ0n) is 5.57. The Bertz CT molecular complexity index is 160. The maximum atomic E-state index is 9.07. The van der Waals surface area contributed by atoms with Gasteiger partial charge in [0.05, 0.1) is 0 Å². The highest BCUT2D eigenvalue weighted by molar-refractivity contribution is 7.98. The van der Waals surface area contributed by atoms with Crippen LogP contribution in [0.25, 0.3) is 5.84 Å². The normalized spacial score (nSPS) is 25.1. The molecule has 1 aliphatic heterocycles. The predicted octanol–water partition coefficient (Wildman–Crippen LogP) is 0.804. The van der Waals surface area contributed by atoms with Crippen molar-refractivity contribution in [1.82, 2.24) is 0 Å². The highest BCUT2D eigenvalue weighted by Gasteiger charge is 2.19. The molecule has 0 saturated heterocycles. The number of nitrogens with zero attached hydrogens (tertiary/aromatic N) is 1. The maximum absolute atomic E-state index is 9.07. The van der Waals surface area contributed by atoms with Crippen LogP contribution in [0.5, 0.6) is 0 Å². The SMILES string of the molecule is CSC[C@H]1O[CH-][N+]([NH-])=C1O. The summed E-state index contributed by atoms with van der Waals surface area (Å²) in [6.45, 7) is 1.19. The molecule has 1 atom stereocenters. The number of hydrogen-bond acceptors (Lipinski definition) is 2. The van der Waals surface area contributed by atoms with Crippen molar-refractivity contribution in [2.75, 3.05) is 12.0 Å². The van der Waals surface area contributed by atoms with Crippen LogP contribution >= 0.6 is 11.8 Å². The van der Waals surface area contributed by atoms with Crippen molar-refractivity contribution in [3.05, 3.63) is 12.6 Å². The molecule has 0 fully saturated rings. The molecule has 0 radical (unpaired) electrons. The van der Waals surface area contributed by atoms with Crippen LogP contribution in [0.4, 0.5) is 0 Å². The quantitative estimate of drug-likeness (QED) is 0.481. The van der Waals surface area contributed by atoms with Crippen LogP contribution in [-0.4, -0.2) is 33.8 Å². The zero-order valence-corrected chi connectivity index (χ0v) is 6.39. The third-order valence-corrected chi connectivity index (χ3v) is 1.82. The van der Waals surface area contributed by atoms with Gasteiger partial charge in [-0.15, -0.1) is 0 Å². The Kier molecular flexibility index (Phi) is 2.29. The number of rotatable bonds is 2. The zero-order chi connectivity index (χ0) is 7.56. The molecule has 4 nitrogen and oxygen atoms in total. The lowest BCUT2D eigenvalue weighted by molar-refractivity contribution is -0.442. The van der Waals surface area contributed by atoms with E-state index in [0.717, 1.165) is 4.68 Å². The minimum atomic E-state index is -0.326. The molecular formula is C5H9N2O2S-. The second-order valence-electron chi connectivity index (χ2n) is 1.91. The third-order valence-electron chi connectivity index (χ3n) is 1.18. The molecule has 0 bridgehead atoms. The van der Waals surface area contributed by atoms with Gasteiger partial charge in [0.1, 0.15) is 12.8 Å². The van der Waals surface area contributed by atoms with Gasteiger partial charge in [-0.25, -0.2) is 0 Å². The fraction of sp³-hybridized carbons (Fsp3) is 0.600. The van der Waals surface area contributed by atoms with Crippen molar-refractivity contribution < 1.29 is 14.5 Å². The smallest absolute Gasteiger partial charge is 0.215 e. The Morgan fingerprint density at radius 2 is 2.70 bits per heavy atom. The maximum Gasteiger partial charge on any atom is 0.215 e. The van der Waals surface area contributed by atoms with Crippen LogP contribution in [-0.2, 0) is 4.74 Å². The fourth-order valence-electron chi connectivity index (χ4n) is 0.670. The van der Waals surface area contributed by atoms with Gasteiger partial charge in [-0.1, -0.05) is 0 Å². The first-order chi connectivity index (χ1) is 4.75. The standard InChI is InChI=1S/C5H9N2O2S/c1-10-2-4-5(8)7(6)3-9-4/h3-4,6,8H,2H2,1H3/q-1/t4-/m1/s1. The van der Waals surface area contributed by atoms with Crippen LogP contribution in [0.1, 0.15) is 0 Å². The highest BCUT2D eigenvalue weighted by atomic mass is 32.2. The summed E-state index contributed by atoms with van der Waals surface area (Å²) in [5, 5.41) is 9.07. The number of hydrogen-bond donors (Lipinski definition) is 1. The summed E-state index contributed by atoms with van der Waals surface area (Å²) in [4.78, 5) is 0. The van der Waals surface area contributed by atoms with Crippen molar-refractivity contribution in [3.63, 3.8) is 0 Å². The van der Waals surface area contributed by atoms with Gasteiger partial charge < -0.3 is 20.4 Å². The van der Waals surface area contributed by atoms with Gasteiger partial charge in [0.15, 0.2) is 0 Å². The average Bonchev–Trinajstić information content (AvgIpc) is 2.20. The van der Waals surface area contributed by atoms with Gasteiger partial charge >= 0.3 is 0 Å². The first-order valence-corrected chi connectivity index (χ1v) is 4.19. The summed E-state index contributed by atoms with van der Waals surface area (Å²) in [6, 6.07) is 0. The van der Waals surface area contributed by atoms with Gasteiger partial charge in [0.25, 0.3) is 0 Å². The summed E-state index contributed by atoms with van der Waals surface area (Å²) in [6.07, 6.45) is 1.59. The molecule has 0 aromatic rings. The summed E-state index contributed by atoms with van der Waals surface area (Å²) in [5.41, 5.74) is 0. The molecule has 0 aromatic carbocycles. The lowest BCUT2D eigenvalue weighted by Gasteiger charge is -2.07. The molecule has 10 heavy (non-hydrogen) atoms. The van der Waals surface area contributed by atoms with Crippen molar-refractivity contribution in [3.8, 4) is 0 Å². The summed E-state index contributed by atoms with van der Waals surface area (Å²) < 4.78 is 5.76. The van der Waals surface area contributed by atoms with E-state index in [-0.39, 0.29) is 12.0 Å². The van der Waals surface area contributed by atoms with Crippen LogP contribution < -0.4 is 0 Å². The van der Waals surface area contributed by atoms with E-state index in [1.165, 1.54) is 6.73 Å². The van der Waals surface area contributed by atoms with Crippen molar-refractivity contribution in [1.29, 1.82) is 0 Å². The molecule has 0 spiro atoms. The van der Waals surface area contributed by atoms with Gasteiger partial charge in [-0.2, -0.15) is 11.8 Å². The van der Waals surface area contributed by atoms with Crippen molar-refractivity contribution in [2.45, 2.75) is 6.10 Å². The molecule has 1 aliphatic rings. The van der Waals surface area contributed by atoms with Crippen LogP contribution in [0.2, 0.25) is 0 Å². The van der Waals surface area contributed by atoms with E-state index in [1.54, 1.807) is 11.8 Å². The molecule has 2 N–H and O–H groups in total. The topological polar surface area (TPSA) is 56.3 Å². The van der Waals surface area contributed by atoms with E-state index in [0.29, 0.717) is 5.75 Å². The van der Waals surface area contributed by atoms with Crippen molar-refractivity contribution >= 4 is 17.7 Å². The molecular weight excluding hydrogens is 152 g/mol. The van der Waals surface area contributed by atoms with E-state index >= 15 is 0 Å². The first-order valence-electron chi connectivity index (χ1n) is 2.79. The second kappa shape index (κ2) is 3.03. The molecule has 1 heterocycles. The van der Waals surface area contributed by atoms with E-state index in [4.69, 9.17) is 15.7 Å². The Balaban J connectivity index is 2.50. The highest BCUT2D eigenvalue weighted by Crippen LogP contribution is 2.10. The van der Waals surface area contributed by atoms with E-state index in [2.05, 4.69) is 0 Å². The Hall–Kier alpha value is -0.550. The predicted molar refractivity (Wildman–Crippen MR) is 39.8 cm³/mol. The van der Waals surface area contributed by atoms with Gasteiger partial charge in [0, 0.05) is 5.75 Å². The number of aliphatic hydroxyl groups excluding tert-OH is 1. The van der Waals surface area contributed by atoms with Gasteiger partial charge in [-0.05, 0) is 6.26 Å². The molecule has 0 amide bonds. The van der Waals surface area contributed by atoms with Crippen LogP contribution in [0, 0.1) is 6.73 Å². The lowest BCUT2D eigenvalue weighted by Crippen LogP contribution is -2.22. The molecule has 5 heteroatoms. The number of ether oxygens (including phenoxy) is 1. The van der Waals surface area contributed by atoms with Gasteiger partial charge in [-0.3, -0.25) is 0 Å². The second-order valence-corrected chi connectivity index (χ2v) is 2.82. The third kappa shape index (κ3) is 1.30. The summed E-state index contributed by atoms with van der Waals surface area (Å²) in [7, 11) is 0. The van der Waals surface area contributed by atoms with Crippen LogP contribution in [0.15, 0.2) is 0 Å². The first kappa shape index (κ1) is 7.56. The van der Waals surface area contributed by atoms with E-state index < -0.39 is 0 Å². The summed E-state index contributed by atoms with van der Waals surface area (Å²) >= 11 is 1.57. The molecule has 0 saturated carbocycles. The largest absolute Gasteiger partial charge is 0.546 e. The molecule has 0 unspecified atom stereocenters. The van der Waals surface area contributed by atoms with Crippen molar-refractivity contribution in [2.24, 2.45) is 0 Å². The van der Waals surface area contributed by atoms with Crippen LogP contribution in [0.3, 0.4) is 0 Å². The molecule has 58 valence electrons. The molecule has 0 aliphatic carbocycles. The summed E-state index contributed by atoms with van der Waals surface area (Å²) in [5.74, 6) is 7.65. The molecule has 1 rings (SSSR count). The Morgan fingerprint density at radius 1 is 2.00 bits per heavy atom. The Morgan fingerprint density at radius 3 is 3.10 bits per heavy atom. The number of thioether (sulfide) groups is 1. The number of aliphatic hydroxyl groups is 1. The monoisotopic (exact) mass is 161 g/mol.